The molecule has 1 saturated heterocycles. The predicted octanol–water partition coefficient (Wildman–Crippen LogP) is 2.36. The minimum atomic E-state index is -3.21. The van der Waals surface area contributed by atoms with E-state index in [1.807, 2.05) is 20.8 Å². The monoisotopic (exact) mass is 368 g/mol. The Hall–Kier alpha value is -1.60. The Bertz CT molecular complexity index is 671. The molecule has 0 bridgehead atoms. The third kappa shape index (κ3) is 5.44. The normalized spacial score (nSPS) is 16.7. The van der Waals surface area contributed by atoms with E-state index < -0.39 is 10.0 Å². The van der Waals surface area contributed by atoms with Crippen molar-refractivity contribution < 1.29 is 17.9 Å². The number of nitrogens with zero attached hydrogens (tertiary/aromatic N) is 2. The second-order valence-electron chi connectivity index (χ2n) is 6.55. The van der Waals surface area contributed by atoms with Crippen LogP contribution < -0.4 is 4.74 Å². The van der Waals surface area contributed by atoms with E-state index in [-0.39, 0.29) is 17.8 Å². The van der Waals surface area contributed by atoms with Gasteiger partial charge >= 0.3 is 0 Å². The van der Waals surface area contributed by atoms with Gasteiger partial charge in [0.1, 0.15) is 5.75 Å². The van der Waals surface area contributed by atoms with Gasteiger partial charge in [-0.2, -0.15) is 0 Å². The van der Waals surface area contributed by atoms with Gasteiger partial charge in [0.25, 0.3) is 5.91 Å². The van der Waals surface area contributed by atoms with Crippen molar-refractivity contribution in [1.82, 2.24) is 9.21 Å². The highest BCUT2D eigenvalue weighted by atomic mass is 32.2. The highest BCUT2D eigenvalue weighted by molar-refractivity contribution is 7.89. The van der Waals surface area contributed by atoms with E-state index in [4.69, 9.17) is 4.74 Å². The number of rotatable bonds is 6. The van der Waals surface area contributed by atoms with E-state index in [1.54, 1.807) is 29.2 Å². The van der Waals surface area contributed by atoms with Gasteiger partial charge in [-0.25, -0.2) is 12.7 Å². The molecule has 0 aromatic heterocycles. The summed E-state index contributed by atoms with van der Waals surface area (Å²) >= 11 is 0. The van der Waals surface area contributed by atoms with Gasteiger partial charge in [0.2, 0.25) is 10.0 Å². The molecule has 0 radical (unpaired) electrons. The average Bonchev–Trinajstić information content (AvgIpc) is 2.81. The van der Waals surface area contributed by atoms with Crippen molar-refractivity contribution in [2.45, 2.75) is 39.7 Å². The van der Waals surface area contributed by atoms with Crippen LogP contribution in [0.4, 0.5) is 0 Å². The first-order valence-corrected chi connectivity index (χ1v) is 10.5. The average molecular weight is 368 g/mol. The standard InChI is InChI=1S/C18H28N2O4S/c1-4-14-25(22,23)20-11-5-10-19(12-13-20)18(21)16-6-8-17(9-7-16)24-15(2)3/h6-9,15H,4-5,10-14H2,1-3H3. The maximum absolute atomic E-state index is 12.7. The van der Waals surface area contributed by atoms with E-state index in [1.165, 1.54) is 4.31 Å². The molecule has 1 aliphatic rings. The molecule has 0 aliphatic carbocycles. The van der Waals surface area contributed by atoms with Crippen molar-refractivity contribution in [2.75, 3.05) is 31.9 Å². The van der Waals surface area contributed by atoms with E-state index in [9.17, 15) is 13.2 Å². The molecule has 0 atom stereocenters. The lowest BCUT2D eigenvalue weighted by molar-refractivity contribution is 0.0764. The Balaban J connectivity index is 2.01. The maximum atomic E-state index is 12.7. The number of benzene rings is 1. The summed E-state index contributed by atoms with van der Waals surface area (Å²) in [7, 11) is -3.21. The predicted molar refractivity (Wildman–Crippen MR) is 98.4 cm³/mol. The van der Waals surface area contributed by atoms with Crippen LogP contribution in [0.5, 0.6) is 5.75 Å². The fourth-order valence-corrected chi connectivity index (χ4v) is 4.43. The van der Waals surface area contributed by atoms with Crippen molar-refractivity contribution in [3.8, 4) is 5.75 Å². The zero-order valence-corrected chi connectivity index (χ0v) is 16.1. The highest BCUT2D eigenvalue weighted by Gasteiger charge is 2.26. The SMILES string of the molecule is CCCS(=O)(=O)N1CCCN(C(=O)c2ccc(OC(C)C)cc2)CC1. The highest BCUT2D eigenvalue weighted by Crippen LogP contribution is 2.17. The molecule has 1 aliphatic heterocycles. The number of carbonyl (C=O) groups is 1. The molecule has 1 heterocycles. The van der Waals surface area contributed by atoms with Gasteiger partial charge in [-0.1, -0.05) is 6.92 Å². The van der Waals surface area contributed by atoms with Crippen molar-refractivity contribution in [3.63, 3.8) is 0 Å². The van der Waals surface area contributed by atoms with Crippen LogP contribution in [-0.4, -0.2) is 61.6 Å². The van der Waals surface area contributed by atoms with Crippen molar-refractivity contribution >= 4 is 15.9 Å². The molecule has 7 heteroatoms. The lowest BCUT2D eigenvalue weighted by atomic mass is 10.2. The van der Waals surface area contributed by atoms with Crippen LogP contribution in [0, 0.1) is 0 Å². The smallest absolute Gasteiger partial charge is 0.253 e. The quantitative estimate of drug-likeness (QED) is 0.773. The summed E-state index contributed by atoms with van der Waals surface area (Å²) in [5.41, 5.74) is 0.598. The molecule has 6 nitrogen and oxygen atoms in total. The van der Waals surface area contributed by atoms with Crippen LogP contribution in [0.25, 0.3) is 0 Å². The van der Waals surface area contributed by atoms with Gasteiger partial charge in [-0.15, -0.1) is 0 Å². The lowest BCUT2D eigenvalue weighted by Crippen LogP contribution is -2.38. The molecule has 1 aromatic rings. The summed E-state index contributed by atoms with van der Waals surface area (Å²) < 4.78 is 31.5. The third-order valence-corrected chi connectivity index (χ3v) is 6.15. The first-order chi connectivity index (χ1) is 11.8. The van der Waals surface area contributed by atoms with E-state index in [2.05, 4.69) is 0 Å². The summed E-state index contributed by atoms with van der Waals surface area (Å²) in [5.74, 6) is 0.836. The second kappa shape index (κ2) is 8.67. The minimum absolute atomic E-state index is 0.0640. The molecule has 0 N–H and O–H groups in total. The van der Waals surface area contributed by atoms with Gasteiger partial charge in [0.15, 0.2) is 0 Å². The molecule has 0 saturated carbocycles. The molecule has 0 spiro atoms. The summed E-state index contributed by atoms with van der Waals surface area (Å²) in [6.07, 6.45) is 1.35. The molecular formula is C18H28N2O4S. The van der Waals surface area contributed by atoms with Crippen LogP contribution in [0.3, 0.4) is 0 Å². The molecule has 1 aromatic carbocycles. The molecule has 25 heavy (non-hydrogen) atoms. The zero-order valence-electron chi connectivity index (χ0n) is 15.3. The van der Waals surface area contributed by atoms with Crippen molar-refractivity contribution in [1.29, 1.82) is 0 Å². The lowest BCUT2D eigenvalue weighted by Gasteiger charge is -2.22. The van der Waals surface area contributed by atoms with Crippen LogP contribution in [0.1, 0.15) is 44.0 Å². The molecule has 1 fully saturated rings. The molecule has 140 valence electrons. The Morgan fingerprint density at radius 2 is 1.80 bits per heavy atom. The Morgan fingerprint density at radius 3 is 2.40 bits per heavy atom. The van der Waals surface area contributed by atoms with Gasteiger partial charge in [-0.05, 0) is 51.0 Å². The second-order valence-corrected chi connectivity index (χ2v) is 8.64. The molecular weight excluding hydrogens is 340 g/mol. The topological polar surface area (TPSA) is 66.9 Å². The first-order valence-electron chi connectivity index (χ1n) is 8.87. The zero-order chi connectivity index (χ0) is 18.4. The number of amides is 1. The molecule has 2 rings (SSSR count). The summed E-state index contributed by atoms with van der Waals surface area (Å²) in [6, 6.07) is 7.11. The van der Waals surface area contributed by atoms with E-state index in [0.29, 0.717) is 44.6 Å². The minimum Gasteiger partial charge on any atom is -0.491 e. The van der Waals surface area contributed by atoms with Gasteiger partial charge in [0.05, 0.1) is 11.9 Å². The first kappa shape index (κ1) is 19.7. The maximum Gasteiger partial charge on any atom is 0.253 e. The number of ether oxygens (including phenoxy) is 1. The Kier molecular flexibility index (Phi) is 6.84. The van der Waals surface area contributed by atoms with Crippen molar-refractivity contribution in [2.24, 2.45) is 0 Å². The number of hydrogen-bond donors (Lipinski definition) is 0. The molecule has 0 unspecified atom stereocenters. The number of sulfonamides is 1. The number of carbonyl (C=O) groups excluding carboxylic acids is 1. The Morgan fingerprint density at radius 1 is 1.12 bits per heavy atom. The summed E-state index contributed by atoms with van der Waals surface area (Å²) in [5, 5.41) is 0. The van der Waals surface area contributed by atoms with Crippen molar-refractivity contribution in [3.05, 3.63) is 29.8 Å². The molecule has 1 amide bonds. The van der Waals surface area contributed by atoms with Gasteiger partial charge in [-0.3, -0.25) is 4.79 Å². The van der Waals surface area contributed by atoms with Crippen LogP contribution in [0.2, 0.25) is 0 Å². The third-order valence-electron chi connectivity index (χ3n) is 4.07. The van der Waals surface area contributed by atoms with Gasteiger partial charge in [0, 0.05) is 31.7 Å². The van der Waals surface area contributed by atoms with E-state index >= 15 is 0 Å². The summed E-state index contributed by atoms with van der Waals surface area (Å²) in [6.45, 7) is 7.60. The Labute approximate surface area is 150 Å². The number of hydrogen-bond acceptors (Lipinski definition) is 4. The summed E-state index contributed by atoms with van der Waals surface area (Å²) in [4.78, 5) is 14.4. The van der Waals surface area contributed by atoms with E-state index in [0.717, 1.165) is 5.75 Å². The van der Waals surface area contributed by atoms with Gasteiger partial charge < -0.3 is 9.64 Å². The van der Waals surface area contributed by atoms with Crippen LogP contribution in [-0.2, 0) is 10.0 Å². The van der Waals surface area contributed by atoms with Crippen LogP contribution >= 0.6 is 0 Å². The van der Waals surface area contributed by atoms with Crippen LogP contribution in [0.15, 0.2) is 24.3 Å². The fraction of sp³-hybridized carbons (Fsp3) is 0.611. The fourth-order valence-electron chi connectivity index (χ4n) is 2.89. The largest absolute Gasteiger partial charge is 0.491 e.